The van der Waals surface area contributed by atoms with Crippen molar-refractivity contribution >= 4 is 23.7 Å². The van der Waals surface area contributed by atoms with Gasteiger partial charge in [-0.2, -0.15) is 4.98 Å². The first-order valence-electron chi connectivity index (χ1n) is 7.58. The Morgan fingerprint density at radius 3 is 2.83 bits per heavy atom. The van der Waals surface area contributed by atoms with Gasteiger partial charge in [0.25, 0.3) is 0 Å². The van der Waals surface area contributed by atoms with Crippen molar-refractivity contribution in [2.45, 2.75) is 19.5 Å². The summed E-state index contributed by atoms with van der Waals surface area (Å²) in [5.74, 6) is 1.15. The van der Waals surface area contributed by atoms with Crippen LogP contribution in [0.4, 0.5) is 17.5 Å². The standard InChI is InChI=1S/C16H20N6O/c1-10-2-4-11(5-3-10)20-15-14-12(8-19-13(14)9-23)21-16(22-15)18-7-6-17/h2-5,9,13,19H,6-8,17H2,1H3,(H2,18,20,21,22). The first-order chi connectivity index (χ1) is 11.2. The number of hydrogen-bond donors (Lipinski definition) is 4. The Kier molecular flexibility index (Phi) is 4.50. The number of carbonyl (C=O) groups is 1. The number of anilines is 3. The van der Waals surface area contributed by atoms with Crippen LogP contribution in [0.15, 0.2) is 24.3 Å². The predicted molar refractivity (Wildman–Crippen MR) is 89.7 cm³/mol. The maximum atomic E-state index is 11.3. The molecule has 0 radical (unpaired) electrons. The lowest BCUT2D eigenvalue weighted by Gasteiger charge is -2.14. The first kappa shape index (κ1) is 15.4. The van der Waals surface area contributed by atoms with E-state index in [2.05, 4.69) is 25.9 Å². The summed E-state index contributed by atoms with van der Waals surface area (Å²) < 4.78 is 0. The molecule has 0 aliphatic carbocycles. The molecule has 1 aliphatic heterocycles. The zero-order valence-corrected chi connectivity index (χ0v) is 13.0. The molecule has 5 N–H and O–H groups in total. The van der Waals surface area contributed by atoms with Crippen molar-refractivity contribution in [3.8, 4) is 0 Å². The summed E-state index contributed by atoms with van der Waals surface area (Å²) in [7, 11) is 0. The van der Waals surface area contributed by atoms with Crippen molar-refractivity contribution in [2.75, 3.05) is 23.7 Å². The van der Waals surface area contributed by atoms with Gasteiger partial charge >= 0.3 is 0 Å². The topological polar surface area (TPSA) is 105 Å². The molecule has 1 aromatic heterocycles. The van der Waals surface area contributed by atoms with Gasteiger partial charge in [-0.3, -0.25) is 5.32 Å². The van der Waals surface area contributed by atoms with E-state index in [9.17, 15) is 4.79 Å². The third kappa shape index (κ3) is 3.30. The van der Waals surface area contributed by atoms with Crippen molar-refractivity contribution in [1.29, 1.82) is 0 Å². The van der Waals surface area contributed by atoms with Gasteiger partial charge < -0.3 is 21.2 Å². The molecular formula is C16H20N6O. The Morgan fingerprint density at radius 2 is 2.13 bits per heavy atom. The summed E-state index contributed by atoms with van der Waals surface area (Å²) in [5.41, 5.74) is 9.24. The fourth-order valence-electron chi connectivity index (χ4n) is 2.53. The maximum Gasteiger partial charge on any atom is 0.224 e. The van der Waals surface area contributed by atoms with E-state index in [0.717, 1.165) is 23.2 Å². The van der Waals surface area contributed by atoms with Crippen LogP contribution >= 0.6 is 0 Å². The SMILES string of the molecule is Cc1ccc(Nc2nc(NCCN)nc3c2C(C=O)NC3)cc1. The first-order valence-corrected chi connectivity index (χ1v) is 7.58. The van der Waals surface area contributed by atoms with Crippen molar-refractivity contribution < 1.29 is 4.79 Å². The summed E-state index contributed by atoms with van der Waals surface area (Å²) in [6, 6.07) is 7.62. The molecule has 0 spiro atoms. The average molecular weight is 312 g/mol. The number of hydrogen-bond acceptors (Lipinski definition) is 7. The zero-order valence-electron chi connectivity index (χ0n) is 13.0. The van der Waals surface area contributed by atoms with Crippen molar-refractivity contribution in [3.63, 3.8) is 0 Å². The molecule has 1 atom stereocenters. The maximum absolute atomic E-state index is 11.3. The quantitative estimate of drug-likeness (QED) is 0.595. The lowest BCUT2D eigenvalue weighted by Crippen LogP contribution is -2.16. The summed E-state index contributed by atoms with van der Waals surface area (Å²) in [6.07, 6.45) is 0.877. The zero-order chi connectivity index (χ0) is 16.2. The third-order valence-electron chi connectivity index (χ3n) is 3.70. The highest BCUT2D eigenvalue weighted by Crippen LogP contribution is 2.31. The summed E-state index contributed by atoms with van der Waals surface area (Å²) in [5, 5.41) is 9.51. The predicted octanol–water partition coefficient (Wildman–Crippen LogP) is 1.24. The molecule has 3 rings (SSSR count). The molecule has 1 aliphatic rings. The average Bonchev–Trinajstić information content (AvgIpc) is 2.98. The van der Waals surface area contributed by atoms with E-state index in [0.29, 0.717) is 31.4 Å². The number of nitrogens with two attached hydrogens (primary N) is 1. The number of benzene rings is 1. The van der Waals surface area contributed by atoms with Crippen LogP contribution in [0.25, 0.3) is 0 Å². The van der Waals surface area contributed by atoms with E-state index in [1.54, 1.807) is 0 Å². The largest absolute Gasteiger partial charge is 0.353 e. The van der Waals surface area contributed by atoms with E-state index >= 15 is 0 Å². The number of nitrogens with zero attached hydrogens (tertiary/aromatic N) is 2. The van der Waals surface area contributed by atoms with E-state index in [-0.39, 0.29) is 6.04 Å². The van der Waals surface area contributed by atoms with Gasteiger partial charge in [-0.15, -0.1) is 0 Å². The second-order valence-corrected chi connectivity index (χ2v) is 5.46. The van der Waals surface area contributed by atoms with E-state index in [1.165, 1.54) is 5.56 Å². The molecule has 0 fully saturated rings. The summed E-state index contributed by atoms with van der Waals surface area (Å²) in [6.45, 7) is 3.66. The minimum absolute atomic E-state index is 0.387. The molecule has 2 heterocycles. The van der Waals surface area contributed by atoms with Crippen LogP contribution in [-0.4, -0.2) is 29.3 Å². The molecule has 1 unspecified atom stereocenters. The highest BCUT2D eigenvalue weighted by atomic mass is 16.1. The second kappa shape index (κ2) is 6.72. The van der Waals surface area contributed by atoms with Gasteiger partial charge in [-0.1, -0.05) is 17.7 Å². The lowest BCUT2D eigenvalue weighted by molar-refractivity contribution is -0.109. The summed E-state index contributed by atoms with van der Waals surface area (Å²) >= 11 is 0. The number of carbonyl (C=O) groups excluding carboxylic acids is 1. The highest BCUT2D eigenvalue weighted by molar-refractivity contribution is 5.72. The molecule has 0 bridgehead atoms. The molecule has 0 amide bonds. The monoisotopic (exact) mass is 312 g/mol. The summed E-state index contributed by atoms with van der Waals surface area (Å²) in [4.78, 5) is 20.3. The van der Waals surface area contributed by atoms with Crippen molar-refractivity contribution in [1.82, 2.24) is 15.3 Å². The number of nitrogens with one attached hydrogen (secondary N) is 3. The number of aryl methyl sites for hydroxylation is 1. The smallest absolute Gasteiger partial charge is 0.224 e. The molecule has 7 heteroatoms. The molecule has 1 aromatic carbocycles. The van der Waals surface area contributed by atoms with Crippen molar-refractivity contribution in [2.24, 2.45) is 5.73 Å². The minimum Gasteiger partial charge on any atom is -0.353 e. The van der Waals surface area contributed by atoms with Crippen LogP contribution in [0.5, 0.6) is 0 Å². The van der Waals surface area contributed by atoms with Crippen LogP contribution in [0, 0.1) is 6.92 Å². The van der Waals surface area contributed by atoms with Crippen LogP contribution < -0.4 is 21.7 Å². The van der Waals surface area contributed by atoms with E-state index in [1.807, 2.05) is 31.2 Å². The molecule has 120 valence electrons. The molecule has 7 nitrogen and oxygen atoms in total. The third-order valence-corrected chi connectivity index (χ3v) is 3.70. The Balaban J connectivity index is 1.96. The van der Waals surface area contributed by atoms with Crippen LogP contribution in [-0.2, 0) is 11.3 Å². The van der Waals surface area contributed by atoms with Gasteiger partial charge in [0.2, 0.25) is 5.95 Å². The van der Waals surface area contributed by atoms with Gasteiger partial charge in [0, 0.05) is 30.9 Å². The Hall–Kier alpha value is -2.51. The van der Waals surface area contributed by atoms with Gasteiger partial charge in [0.15, 0.2) is 0 Å². The Bertz CT molecular complexity index is 700. The fourth-order valence-corrected chi connectivity index (χ4v) is 2.53. The number of aromatic nitrogens is 2. The molecule has 0 saturated heterocycles. The van der Waals surface area contributed by atoms with E-state index in [4.69, 9.17) is 5.73 Å². The Morgan fingerprint density at radius 1 is 1.35 bits per heavy atom. The Labute approximate surface area is 134 Å². The van der Waals surface area contributed by atoms with Gasteiger partial charge in [-0.05, 0) is 19.1 Å². The van der Waals surface area contributed by atoms with Crippen molar-refractivity contribution in [3.05, 3.63) is 41.1 Å². The van der Waals surface area contributed by atoms with Gasteiger partial charge in [0.1, 0.15) is 12.1 Å². The van der Waals surface area contributed by atoms with Crippen LogP contribution in [0.3, 0.4) is 0 Å². The van der Waals surface area contributed by atoms with Crippen LogP contribution in [0.2, 0.25) is 0 Å². The molecular weight excluding hydrogens is 292 g/mol. The van der Waals surface area contributed by atoms with Gasteiger partial charge in [-0.25, -0.2) is 4.98 Å². The number of rotatable bonds is 6. The fraction of sp³-hybridized carbons (Fsp3) is 0.312. The highest BCUT2D eigenvalue weighted by Gasteiger charge is 2.28. The second-order valence-electron chi connectivity index (χ2n) is 5.46. The van der Waals surface area contributed by atoms with E-state index < -0.39 is 0 Å². The number of aldehydes is 1. The molecule has 0 saturated carbocycles. The van der Waals surface area contributed by atoms with Crippen LogP contribution in [0.1, 0.15) is 22.9 Å². The van der Waals surface area contributed by atoms with Gasteiger partial charge in [0.05, 0.1) is 11.7 Å². The number of fused-ring (bicyclic) bond motifs is 1. The minimum atomic E-state index is -0.387. The molecule has 2 aromatic rings. The normalized spacial score (nSPS) is 16.0. The lowest BCUT2D eigenvalue weighted by atomic mass is 10.1. The molecule has 23 heavy (non-hydrogen) atoms.